The average Bonchev–Trinajstić information content (AvgIpc) is 3.46. The molecule has 2 aromatic heterocycles. The van der Waals surface area contributed by atoms with Crippen LogP contribution in [0.15, 0.2) is 53.3 Å². The van der Waals surface area contributed by atoms with Gasteiger partial charge in [-0.15, -0.1) is 5.10 Å². The van der Waals surface area contributed by atoms with Crippen molar-refractivity contribution in [3.05, 3.63) is 48.5 Å². The van der Waals surface area contributed by atoms with Crippen LogP contribution in [0.1, 0.15) is 18.4 Å². The third kappa shape index (κ3) is 6.27. The summed E-state index contributed by atoms with van der Waals surface area (Å²) in [6, 6.07) is 7.79. The van der Waals surface area contributed by atoms with Crippen molar-refractivity contribution in [1.82, 2.24) is 29.6 Å². The number of hydrogen-bond donors (Lipinski definition) is 1. The molecular weight excluding hydrogens is 432 g/mol. The zero-order chi connectivity index (χ0) is 21.5. The number of hydrogen-bond acceptors (Lipinski definition) is 7. The highest BCUT2D eigenvalue weighted by molar-refractivity contribution is 7.99. The number of H-pyrrole nitrogens is 1. The molecule has 31 heavy (non-hydrogen) atoms. The predicted octanol–water partition coefficient (Wildman–Crippen LogP) is 3.88. The lowest BCUT2D eigenvalue weighted by Gasteiger charge is -2.30. The van der Waals surface area contributed by atoms with Crippen LogP contribution in [0, 0.1) is 5.92 Å². The number of nitrogens with zero attached hydrogens (tertiary/aromatic N) is 5. The van der Waals surface area contributed by atoms with Crippen LogP contribution < -0.4 is 4.74 Å². The van der Waals surface area contributed by atoms with Crippen molar-refractivity contribution in [3.63, 3.8) is 0 Å². The lowest BCUT2D eigenvalue weighted by Crippen LogP contribution is -2.40. The van der Waals surface area contributed by atoms with Gasteiger partial charge in [-0.1, -0.05) is 35.7 Å². The summed E-state index contributed by atoms with van der Waals surface area (Å²) in [7, 11) is 2.00. The number of aromatic nitrogens is 5. The maximum absolute atomic E-state index is 12.5. The molecule has 0 spiro atoms. The van der Waals surface area contributed by atoms with Gasteiger partial charge in [0.15, 0.2) is 5.16 Å². The van der Waals surface area contributed by atoms with Gasteiger partial charge >= 0.3 is 6.09 Å². The van der Waals surface area contributed by atoms with Crippen LogP contribution in [-0.2, 0) is 13.5 Å². The molecule has 0 radical (unpaired) electrons. The van der Waals surface area contributed by atoms with Crippen molar-refractivity contribution in [3.8, 4) is 5.75 Å². The number of benzene rings is 1. The summed E-state index contributed by atoms with van der Waals surface area (Å²) >= 11 is 3.39. The molecule has 8 nitrogen and oxygen atoms in total. The van der Waals surface area contributed by atoms with Gasteiger partial charge in [-0.25, -0.2) is 14.8 Å². The SMILES string of the molecule is Cn1ccnc1SCCc1ccc(OC(=O)N2CCC(CSc3nc[nH]n3)CC2)cc1. The summed E-state index contributed by atoms with van der Waals surface area (Å²) in [6.07, 6.45) is 7.97. The van der Waals surface area contributed by atoms with Gasteiger partial charge in [-0.05, 0) is 42.9 Å². The molecule has 3 heterocycles. The molecule has 10 heteroatoms. The first kappa shape index (κ1) is 21.8. The first-order chi connectivity index (χ1) is 15.2. The standard InChI is InChI=1S/C21H26N6O2S2/c1-26-12-9-22-20(26)30-13-8-16-2-4-18(5-3-16)29-21(28)27-10-6-17(7-11-27)14-31-19-23-15-24-25-19/h2-5,9,12,15,17H,6-8,10-11,13-14H2,1H3,(H,23,24,25). The minimum atomic E-state index is -0.266. The van der Waals surface area contributed by atoms with Crippen LogP contribution in [0.4, 0.5) is 4.79 Å². The normalized spacial score (nSPS) is 14.7. The smallest absolute Gasteiger partial charge is 0.410 e. The number of ether oxygens (including phenoxy) is 1. The van der Waals surface area contributed by atoms with Crippen molar-refractivity contribution in [2.24, 2.45) is 13.0 Å². The van der Waals surface area contributed by atoms with Gasteiger partial charge in [0.25, 0.3) is 0 Å². The molecule has 4 rings (SSSR count). The summed E-state index contributed by atoms with van der Waals surface area (Å²) < 4.78 is 7.60. The van der Waals surface area contributed by atoms with Gasteiger partial charge in [0.05, 0.1) is 0 Å². The molecule has 1 N–H and O–H groups in total. The topological polar surface area (TPSA) is 88.9 Å². The fraction of sp³-hybridized carbons (Fsp3) is 0.429. The largest absolute Gasteiger partial charge is 0.415 e. The van der Waals surface area contributed by atoms with Crippen molar-refractivity contribution >= 4 is 29.6 Å². The number of carbonyl (C=O) groups excluding carboxylic acids is 1. The first-order valence-corrected chi connectivity index (χ1v) is 12.3. The number of amides is 1. The Labute approximate surface area is 190 Å². The van der Waals surface area contributed by atoms with E-state index in [1.54, 1.807) is 34.8 Å². The Balaban J connectivity index is 1.17. The second-order valence-corrected chi connectivity index (χ2v) is 9.50. The van der Waals surface area contributed by atoms with Crippen molar-refractivity contribution in [2.75, 3.05) is 24.6 Å². The number of thioether (sulfide) groups is 2. The van der Waals surface area contributed by atoms with Crippen molar-refractivity contribution in [1.29, 1.82) is 0 Å². The molecule has 1 fully saturated rings. The Morgan fingerprint density at radius 2 is 2.00 bits per heavy atom. The highest BCUT2D eigenvalue weighted by atomic mass is 32.2. The molecule has 0 unspecified atom stereocenters. The van der Waals surface area contributed by atoms with Crippen LogP contribution in [0.5, 0.6) is 5.75 Å². The highest BCUT2D eigenvalue weighted by Crippen LogP contribution is 2.25. The summed E-state index contributed by atoms with van der Waals surface area (Å²) in [5, 5.41) is 8.59. The van der Waals surface area contributed by atoms with Crippen LogP contribution >= 0.6 is 23.5 Å². The minimum absolute atomic E-state index is 0.266. The van der Waals surface area contributed by atoms with E-state index in [0.29, 0.717) is 11.7 Å². The van der Waals surface area contributed by atoms with E-state index in [9.17, 15) is 4.79 Å². The van der Waals surface area contributed by atoms with Gasteiger partial charge in [0.2, 0.25) is 5.16 Å². The van der Waals surface area contributed by atoms with E-state index in [1.807, 2.05) is 48.3 Å². The van der Waals surface area contributed by atoms with E-state index in [-0.39, 0.29) is 6.09 Å². The number of piperidine rings is 1. The predicted molar refractivity (Wildman–Crippen MR) is 122 cm³/mol. The number of nitrogens with one attached hydrogen (secondary N) is 1. The maximum atomic E-state index is 12.5. The van der Waals surface area contributed by atoms with Crippen LogP contribution in [0.25, 0.3) is 0 Å². The third-order valence-corrected chi connectivity index (χ3v) is 7.39. The van der Waals surface area contributed by atoms with Gasteiger partial charge in [0.1, 0.15) is 12.1 Å². The summed E-state index contributed by atoms with van der Waals surface area (Å²) in [5.41, 5.74) is 1.21. The Morgan fingerprint density at radius 1 is 1.19 bits per heavy atom. The number of aromatic amines is 1. The summed E-state index contributed by atoms with van der Waals surface area (Å²) in [6.45, 7) is 1.45. The second-order valence-electron chi connectivity index (χ2n) is 7.45. The zero-order valence-electron chi connectivity index (χ0n) is 17.4. The lowest BCUT2D eigenvalue weighted by molar-refractivity contribution is 0.134. The Hall–Kier alpha value is -2.46. The van der Waals surface area contributed by atoms with E-state index in [4.69, 9.17) is 4.74 Å². The summed E-state index contributed by atoms with van der Waals surface area (Å²) in [5.74, 6) is 3.08. The Kier molecular flexibility index (Phi) is 7.52. The molecule has 1 aliphatic rings. The zero-order valence-corrected chi connectivity index (χ0v) is 19.1. The van der Waals surface area contributed by atoms with E-state index in [0.717, 1.165) is 54.2 Å². The van der Waals surface area contributed by atoms with Crippen molar-refractivity contribution < 1.29 is 9.53 Å². The van der Waals surface area contributed by atoms with E-state index in [1.165, 1.54) is 5.56 Å². The number of rotatable bonds is 8. The van der Waals surface area contributed by atoms with Gasteiger partial charge < -0.3 is 14.2 Å². The van der Waals surface area contributed by atoms with Gasteiger partial charge in [-0.2, -0.15) is 0 Å². The van der Waals surface area contributed by atoms with E-state index < -0.39 is 0 Å². The fourth-order valence-corrected chi connectivity index (χ4v) is 5.26. The number of imidazole rings is 1. The first-order valence-electron chi connectivity index (χ1n) is 10.3. The van der Waals surface area contributed by atoms with E-state index >= 15 is 0 Å². The van der Waals surface area contributed by atoms with Gasteiger partial charge in [-0.3, -0.25) is 5.10 Å². The van der Waals surface area contributed by atoms with Crippen LogP contribution in [0.2, 0.25) is 0 Å². The third-order valence-electron chi connectivity index (χ3n) is 5.24. The molecule has 1 saturated heterocycles. The number of carbonyl (C=O) groups is 1. The highest BCUT2D eigenvalue weighted by Gasteiger charge is 2.24. The van der Waals surface area contributed by atoms with Crippen molar-refractivity contribution in [2.45, 2.75) is 29.6 Å². The molecule has 1 aliphatic heterocycles. The van der Waals surface area contributed by atoms with Crippen LogP contribution in [0.3, 0.4) is 0 Å². The molecule has 0 atom stereocenters. The quantitative estimate of drug-likeness (QED) is 0.513. The second kappa shape index (κ2) is 10.7. The molecule has 164 valence electrons. The maximum Gasteiger partial charge on any atom is 0.415 e. The fourth-order valence-electron chi connectivity index (χ4n) is 3.38. The average molecular weight is 459 g/mol. The molecule has 0 aliphatic carbocycles. The lowest BCUT2D eigenvalue weighted by atomic mass is 9.99. The number of likely N-dealkylation sites (tertiary alicyclic amines) is 1. The molecule has 0 saturated carbocycles. The molecular formula is C21H26N6O2S2. The Morgan fingerprint density at radius 3 is 2.68 bits per heavy atom. The van der Waals surface area contributed by atoms with E-state index in [2.05, 4.69) is 20.2 Å². The molecule has 0 bridgehead atoms. The summed E-state index contributed by atoms with van der Waals surface area (Å²) in [4.78, 5) is 22.8. The minimum Gasteiger partial charge on any atom is -0.410 e. The monoisotopic (exact) mass is 458 g/mol. The number of aryl methyl sites for hydroxylation is 2. The Bertz CT molecular complexity index is 953. The molecule has 3 aromatic rings. The van der Waals surface area contributed by atoms with Gasteiger partial charge in [0, 0.05) is 44.0 Å². The molecule has 1 amide bonds. The van der Waals surface area contributed by atoms with Crippen LogP contribution in [-0.4, -0.2) is 60.3 Å². The molecule has 1 aromatic carbocycles.